The highest BCUT2D eigenvalue weighted by atomic mass is 35.5. The number of hydrogen-bond acceptors (Lipinski definition) is 3. The molecule has 2 aliphatic rings. The minimum Gasteiger partial charge on any atom is -0.464 e. The molecule has 1 aliphatic carbocycles. The summed E-state index contributed by atoms with van der Waals surface area (Å²) in [5.41, 5.74) is 0. The molecule has 1 aliphatic heterocycles. The Hall–Kier alpha value is -0.553. The van der Waals surface area contributed by atoms with E-state index in [-0.39, 0.29) is 22.8 Å². The summed E-state index contributed by atoms with van der Waals surface area (Å²) in [6.45, 7) is 11.4. The quantitative estimate of drug-likeness (QED) is 0.262. The average molecular weight is 402 g/mol. The molecule has 2 rings (SSSR count). The lowest BCUT2D eigenvalue weighted by Crippen LogP contribution is -2.75. The molecule has 4 nitrogen and oxygen atoms in total. The van der Waals surface area contributed by atoms with Crippen LogP contribution in [0.25, 0.3) is 0 Å². The van der Waals surface area contributed by atoms with Gasteiger partial charge in [0, 0.05) is 5.88 Å². The summed E-state index contributed by atoms with van der Waals surface area (Å²) in [6, 6.07) is -0.407. The van der Waals surface area contributed by atoms with Crippen LogP contribution < -0.4 is 0 Å². The number of carbonyl (C=O) groups excluding carboxylic acids is 2. The molecule has 0 aromatic heterocycles. The molecule has 6 heteroatoms. The first kappa shape index (κ1) is 21.7. The third kappa shape index (κ3) is 4.46. The zero-order chi connectivity index (χ0) is 19.5. The van der Waals surface area contributed by atoms with E-state index in [1.54, 1.807) is 0 Å². The van der Waals surface area contributed by atoms with Crippen molar-refractivity contribution in [3.05, 3.63) is 0 Å². The first-order valence-corrected chi connectivity index (χ1v) is 13.6. The first-order valence-electron chi connectivity index (χ1n) is 10.2. The topological polar surface area (TPSA) is 46.6 Å². The van der Waals surface area contributed by atoms with Gasteiger partial charge in [-0.15, -0.1) is 11.6 Å². The normalized spacial score (nSPS) is 25.2. The Morgan fingerprint density at radius 3 is 2.38 bits per heavy atom. The highest BCUT2D eigenvalue weighted by molar-refractivity contribution is 6.80. The predicted octanol–water partition coefficient (Wildman–Crippen LogP) is 4.96. The van der Waals surface area contributed by atoms with Crippen LogP contribution >= 0.6 is 11.6 Å². The number of β-lactam (4-membered cyclic amide) rings is 1. The third-order valence-electron chi connectivity index (χ3n) is 6.73. The second-order valence-corrected chi connectivity index (χ2v) is 15.0. The Kier molecular flexibility index (Phi) is 7.22. The van der Waals surface area contributed by atoms with Crippen molar-refractivity contribution in [3.8, 4) is 0 Å². The second-order valence-electron chi connectivity index (χ2n) is 9.53. The lowest BCUT2D eigenvalue weighted by Gasteiger charge is -2.57. The Balaban J connectivity index is 2.09. The zero-order valence-electron chi connectivity index (χ0n) is 17.1. The Morgan fingerprint density at radius 2 is 1.85 bits per heavy atom. The fourth-order valence-corrected chi connectivity index (χ4v) is 6.59. The molecule has 0 bridgehead atoms. The molecule has 0 radical (unpaired) electrons. The minimum atomic E-state index is -2.11. The molecule has 1 heterocycles. The summed E-state index contributed by atoms with van der Waals surface area (Å²) in [5.74, 6) is 0.696. The van der Waals surface area contributed by atoms with Gasteiger partial charge < -0.3 is 9.30 Å². The standard InChI is InChI=1S/C20H36ClNO3Si/c1-20(2,3)26(4,5)22-17(16(18(22)23)12-9-13-21)19(24)25-14-15-10-7-6-8-11-15/h15-17H,6-14H2,1-5H3/t16-,17?/m1/s1. The van der Waals surface area contributed by atoms with Crippen LogP contribution in [0.5, 0.6) is 0 Å². The van der Waals surface area contributed by atoms with Crippen molar-refractivity contribution in [2.75, 3.05) is 12.5 Å². The van der Waals surface area contributed by atoms with Crippen molar-refractivity contribution in [2.24, 2.45) is 11.8 Å². The van der Waals surface area contributed by atoms with E-state index in [0.717, 1.165) is 19.3 Å². The molecule has 0 aromatic rings. The number of nitrogens with zero attached hydrogens (tertiary/aromatic N) is 1. The average Bonchev–Trinajstić information content (AvgIpc) is 2.57. The number of rotatable bonds is 7. The van der Waals surface area contributed by atoms with Gasteiger partial charge in [0.2, 0.25) is 5.91 Å². The van der Waals surface area contributed by atoms with E-state index in [1.807, 2.05) is 4.57 Å². The van der Waals surface area contributed by atoms with Crippen molar-refractivity contribution >= 4 is 31.7 Å². The summed E-state index contributed by atoms with van der Waals surface area (Å²) < 4.78 is 7.65. The van der Waals surface area contributed by atoms with E-state index in [2.05, 4.69) is 33.9 Å². The third-order valence-corrected chi connectivity index (χ3v) is 12.4. The van der Waals surface area contributed by atoms with Gasteiger partial charge in [0.05, 0.1) is 12.5 Å². The van der Waals surface area contributed by atoms with Crippen LogP contribution in [0.15, 0.2) is 0 Å². The Labute approximate surface area is 165 Å². The molecule has 0 N–H and O–H groups in total. The number of esters is 1. The van der Waals surface area contributed by atoms with Crippen molar-refractivity contribution in [1.29, 1.82) is 0 Å². The van der Waals surface area contributed by atoms with Crippen molar-refractivity contribution in [2.45, 2.75) is 89.9 Å². The maximum atomic E-state index is 12.9. The van der Waals surface area contributed by atoms with Gasteiger partial charge in [-0.2, -0.15) is 0 Å². The number of ether oxygens (including phenoxy) is 1. The van der Waals surface area contributed by atoms with Crippen LogP contribution in [0.2, 0.25) is 18.1 Å². The summed E-state index contributed by atoms with van der Waals surface area (Å²) in [6.07, 6.45) is 7.50. The van der Waals surface area contributed by atoms with Gasteiger partial charge in [-0.1, -0.05) is 53.1 Å². The van der Waals surface area contributed by atoms with Gasteiger partial charge in [-0.3, -0.25) is 4.79 Å². The number of carbonyl (C=O) groups is 2. The van der Waals surface area contributed by atoms with Crippen molar-refractivity contribution < 1.29 is 14.3 Å². The maximum Gasteiger partial charge on any atom is 0.328 e. The molecule has 0 aromatic carbocycles. The highest BCUT2D eigenvalue weighted by Crippen LogP contribution is 2.46. The van der Waals surface area contributed by atoms with E-state index in [1.165, 1.54) is 19.3 Å². The lowest BCUT2D eigenvalue weighted by molar-refractivity contribution is -0.169. The SMILES string of the molecule is CC(C)(C)[Si](C)(C)N1C(=O)[C@H](CCCCl)C1C(=O)OCC1CCCCC1. The summed E-state index contributed by atoms with van der Waals surface area (Å²) in [5, 5.41) is 0.00200. The Morgan fingerprint density at radius 1 is 1.23 bits per heavy atom. The molecule has 0 spiro atoms. The van der Waals surface area contributed by atoms with E-state index in [4.69, 9.17) is 16.3 Å². The number of halogens is 1. The maximum absolute atomic E-state index is 12.9. The monoisotopic (exact) mass is 401 g/mol. The lowest BCUT2D eigenvalue weighted by atomic mass is 9.86. The second kappa shape index (κ2) is 8.64. The summed E-state index contributed by atoms with van der Waals surface area (Å²) in [7, 11) is -2.11. The minimum absolute atomic E-state index is 0.00200. The first-order chi connectivity index (χ1) is 12.1. The molecule has 1 saturated carbocycles. The number of amides is 1. The van der Waals surface area contributed by atoms with Crippen LogP contribution in [0, 0.1) is 11.8 Å². The van der Waals surface area contributed by atoms with Gasteiger partial charge >= 0.3 is 5.97 Å². The number of hydrogen-bond donors (Lipinski definition) is 0. The number of alkyl halides is 1. The zero-order valence-corrected chi connectivity index (χ0v) is 18.9. The highest BCUT2D eigenvalue weighted by Gasteiger charge is 2.60. The van der Waals surface area contributed by atoms with E-state index >= 15 is 0 Å². The summed E-state index contributed by atoms with van der Waals surface area (Å²) >= 11 is 5.83. The largest absolute Gasteiger partial charge is 0.464 e. The van der Waals surface area contributed by atoms with E-state index in [0.29, 0.717) is 24.8 Å². The van der Waals surface area contributed by atoms with Crippen LogP contribution in [-0.2, 0) is 14.3 Å². The fraction of sp³-hybridized carbons (Fsp3) is 0.900. The van der Waals surface area contributed by atoms with Crippen LogP contribution in [0.4, 0.5) is 0 Å². The van der Waals surface area contributed by atoms with Gasteiger partial charge in [-0.05, 0) is 36.6 Å². The summed E-state index contributed by atoms with van der Waals surface area (Å²) in [4.78, 5) is 25.8. The molecule has 1 saturated heterocycles. The molecule has 1 unspecified atom stereocenters. The molecule has 26 heavy (non-hydrogen) atoms. The van der Waals surface area contributed by atoms with Gasteiger partial charge in [-0.25, -0.2) is 4.79 Å². The molecule has 2 atom stereocenters. The van der Waals surface area contributed by atoms with Gasteiger partial charge in [0.1, 0.15) is 6.04 Å². The van der Waals surface area contributed by atoms with Crippen LogP contribution in [0.3, 0.4) is 0 Å². The van der Waals surface area contributed by atoms with Crippen molar-refractivity contribution in [3.63, 3.8) is 0 Å². The van der Waals surface area contributed by atoms with Gasteiger partial charge in [0.15, 0.2) is 8.24 Å². The van der Waals surface area contributed by atoms with Crippen LogP contribution in [0.1, 0.15) is 65.7 Å². The van der Waals surface area contributed by atoms with Crippen molar-refractivity contribution in [1.82, 2.24) is 4.57 Å². The van der Waals surface area contributed by atoms with Crippen LogP contribution in [-0.4, -0.2) is 43.2 Å². The van der Waals surface area contributed by atoms with Gasteiger partial charge in [0.25, 0.3) is 0 Å². The molecule has 2 fully saturated rings. The van der Waals surface area contributed by atoms with E-state index in [9.17, 15) is 9.59 Å². The van der Waals surface area contributed by atoms with E-state index < -0.39 is 14.3 Å². The smallest absolute Gasteiger partial charge is 0.328 e. The molecule has 150 valence electrons. The fourth-order valence-electron chi connectivity index (χ4n) is 4.02. The Bertz CT molecular complexity index is 512. The molecular weight excluding hydrogens is 366 g/mol. The molecule has 1 amide bonds. The predicted molar refractivity (Wildman–Crippen MR) is 109 cm³/mol. The molecular formula is C20H36ClNO3Si.